The Morgan fingerprint density at radius 2 is 1.89 bits per heavy atom. The molecule has 2 aliphatic rings. The van der Waals surface area contributed by atoms with Crippen LogP contribution in [0.3, 0.4) is 0 Å². The zero-order valence-corrected chi connectivity index (χ0v) is 16.4. The van der Waals surface area contributed by atoms with E-state index in [1.807, 2.05) is 0 Å². The number of hydrogen-bond acceptors (Lipinski definition) is 5. The van der Waals surface area contributed by atoms with E-state index in [0.29, 0.717) is 11.0 Å². The van der Waals surface area contributed by atoms with Crippen molar-refractivity contribution in [1.29, 1.82) is 0 Å². The first-order valence-electron chi connectivity index (χ1n) is 9.45. The van der Waals surface area contributed by atoms with E-state index in [2.05, 4.69) is 34.1 Å². The summed E-state index contributed by atoms with van der Waals surface area (Å²) in [6.45, 7) is 2.37. The van der Waals surface area contributed by atoms with Crippen molar-refractivity contribution < 1.29 is 14.2 Å². The van der Waals surface area contributed by atoms with Crippen LogP contribution in [-0.2, 0) is 0 Å². The van der Waals surface area contributed by atoms with Crippen molar-refractivity contribution in [3.05, 3.63) is 48.4 Å². The maximum atomic E-state index is 13.9. The molecule has 2 aromatic carbocycles. The second kappa shape index (κ2) is 6.48. The molecule has 1 N–H and O–H groups in total. The molecule has 1 aliphatic heterocycles. The zero-order valence-electron chi connectivity index (χ0n) is 15.6. The maximum absolute atomic E-state index is 13.9. The van der Waals surface area contributed by atoms with Gasteiger partial charge in [0.1, 0.15) is 5.01 Å². The van der Waals surface area contributed by atoms with Crippen LogP contribution in [0.5, 0.6) is 11.5 Å². The number of aromatic hydroxyl groups is 1. The summed E-state index contributed by atoms with van der Waals surface area (Å²) in [4.78, 5) is 7.77. The van der Waals surface area contributed by atoms with Gasteiger partial charge in [0, 0.05) is 41.5 Å². The Kier molecular flexibility index (Phi) is 4.05. The summed E-state index contributed by atoms with van der Waals surface area (Å²) >= 11 is 1.49. The fourth-order valence-corrected chi connectivity index (χ4v) is 5.08. The van der Waals surface area contributed by atoms with Gasteiger partial charge in [-0.2, -0.15) is 0 Å². The molecule has 2 fully saturated rings. The maximum Gasteiger partial charge on any atom is 0.194 e. The Bertz CT molecular complexity index is 1020. The van der Waals surface area contributed by atoms with Crippen molar-refractivity contribution in [3.8, 4) is 32.5 Å². The first-order chi connectivity index (χ1) is 13.6. The first-order valence-corrected chi connectivity index (χ1v) is 10.3. The topological polar surface area (TPSA) is 45.6 Å². The van der Waals surface area contributed by atoms with E-state index in [1.54, 1.807) is 12.3 Å². The average molecular weight is 396 g/mol. The number of aromatic nitrogens is 1. The van der Waals surface area contributed by atoms with Crippen molar-refractivity contribution in [2.24, 2.45) is 5.41 Å². The van der Waals surface area contributed by atoms with Gasteiger partial charge in [0.15, 0.2) is 17.3 Å². The summed E-state index contributed by atoms with van der Waals surface area (Å²) in [5, 5.41) is 10.6. The lowest BCUT2D eigenvalue weighted by Gasteiger charge is -2.57. The summed E-state index contributed by atoms with van der Waals surface area (Å²) in [5.41, 5.74) is 3.57. The lowest BCUT2D eigenvalue weighted by atomic mass is 9.63. The first kappa shape index (κ1) is 17.5. The molecular formula is C22H21FN2O2S. The van der Waals surface area contributed by atoms with Crippen molar-refractivity contribution in [3.63, 3.8) is 0 Å². The number of phenols is 1. The Balaban J connectivity index is 1.35. The van der Waals surface area contributed by atoms with Gasteiger partial charge >= 0.3 is 0 Å². The van der Waals surface area contributed by atoms with Gasteiger partial charge in [0.25, 0.3) is 0 Å². The van der Waals surface area contributed by atoms with Crippen molar-refractivity contribution in [2.45, 2.75) is 19.3 Å². The van der Waals surface area contributed by atoms with Crippen LogP contribution in [0.15, 0.2) is 42.6 Å². The predicted molar refractivity (Wildman–Crippen MR) is 110 cm³/mol. The summed E-state index contributed by atoms with van der Waals surface area (Å²) < 4.78 is 19.0. The number of methoxy groups -OCH3 is 1. The van der Waals surface area contributed by atoms with Crippen molar-refractivity contribution in [1.82, 2.24) is 4.98 Å². The number of phenolic OH excluding ortho intramolecular Hbond substituents is 1. The molecule has 0 atom stereocenters. The second-order valence-electron chi connectivity index (χ2n) is 7.80. The second-order valence-corrected chi connectivity index (χ2v) is 8.83. The Labute approximate surface area is 167 Å². The summed E-state index contributed by atoms with van der Waals surface area (Å²) in [5.74, 6) is -1.05. The van der Waals surface area contributed by atoms with Crippen LogP contribution in [-0.4, -0.2) is 30.3 Å². The monoisotopic (exact) mass is 396 g/mol. The minimum atomic E-state index is -0.701. The highest BCUT2D eigenvalue weighted by atomic mass is 32.1. The number of rotatable bonds is 4. The third kappa shape index (κ3) is 2.83. The number of ether oxygens (including phenoxy) is 1. The largest absolute Gasteiger partial charge is 0.502 e. The molecule has 6 heteroatoms. The van der Waals surface area contributed by atoms with Crippen molar-refractivity contribution >= 4 is 17.0 Å². The minimum Gasteiger partial charge on any atom is -0.502 e. The van der Waals surface area contributed by atoms with Crippen LogP contribution in [0, 0.1) is 11.2 Å². The van der Waals surface area contributed by atoms with Gasteiger partial charge in [0.2, 0.25) is 0 Å². The highest BCUT2D eigenvalue weighted by Gasteiger charge is 2.47. The highest BCUT2D eigenvalue weighted by molar-refractivity contribution is 7.18. The van der Waals surface area contributed by atoms with Gasteiger partial charge in [-0.1, -0.05) is 6.42 Å². The standard InChI is InChI=1S/C22H21FN2O2S/c1-27-18-10-15(9-17(23)20(18)26)19-11-24-21(28-19)14-3-5-16(6-4-14)25-12-22(13-25)7-2-8-22/h3-6,9-11,26H,2,7-8,12-13H2,1H3. The van der Waals surface area contributed by atoms with E-state index in [1.165, 1.54) is 62.6 Å². The smallest absolute Gasteiger partial charge is 0.194 e. The van der Waals surface area contributed by atoms with E-state index < -0.39 is 11.6 Å². The molecule has 0 unspecified atom stereocenters. The predicted octanol–water partition coefficient (Wildman–Crippen LogP) is 5.32. The average Bonchev–Trinajstić information content (AvgIpc) is 3.12. The molecule has 1 spiro atoms. The summed E-state index contributed by atoms with van der Waals surface area (Å²) in [6, 6.07) is 11.4. The fourth-order valence-electron chi connectivity index (χ4n) is 4.17. The summed E-state index contributed by atoms with van der Waals surface area (Å²) in [7, 11) is 1.41. The molecule has 1 saturated carbocycles. The number of thiazole rings is 1. The fraction of sp³-hybridized carbons (Fsp3) is 0.318. The number of anilines is 1. The highest BCUT2D eigenvalue weighted by Crippen LogP contribution is 2.49. The van der Waals surface area contributed by atoms with Crippen LogP contribution in [0.2, 0.25) is 0 Å². The molecule has 144 valence electrons. The van der Waals surface area contributed by atoms with Crippen LogP contribution in [0.4, 0.5) is 10.1 Å². The van der Waals surface area contributed by atoms with Gasteiger partial charge < -0.3 is 14.7 Å². The lowest BCUT2D eigenvalue weighted by Crippen LogP contribution is -2.59. The lowest BCUT2D eigenvalue weighted by molar-refractivity contribution is 0.0904. The molecule has 0 amide bonds. The van der Waals surface area contributed by atoms with Gasteiger partial charge in [-0.25, -0.2) is 9.37 Å². The minimum absolute atomic E-state index is 0.119. The van der Waals surface area contributed by atoms with E-state index in [0.717, 1.165) is 15.4 Å². The molecule has 1 aliphatic carbocycles. The zero-order chi connectivity index (χ0) is 19.3. The van der Waals surface area contributed by atoms with Crippen molar-refractivity contribution in [2.75, 3.05) is 25.1 Å². The number of benzene rings is 2. The van der Waals surface area contributed by atoms with Gasteiger partial charge in [0.05, 0.1) is 12.0 Å². The molecule has 4 nitrogen and oxygen atoms in total. The Hall–Kier alpha value is -2.60. The molecule has 2 heterocycles. The molecule has 3 aromatic rings. The third-order valence-corrected chi connectivity index (χ3v) is 7.08. The molecule has 5 rings (SSSR count). The van der Waals surface area contributed by atoms with Gasteiger partial charge in [-0.15, -0.1) is 11.3 Å². The summed E-state index contributed by atoms with van der Waals surface area (Å²) in [6.07, 6.45) is 5.88. The van der Waals surface area contributed by atoms with E-state index in [-0.39, 0.29) is 5.75 Å². The van der Waals surface area contributed by atoms with Crippen LogP contribution in [0.25, 0.3) is 21.0 Å². The van der Waals surface area contributed by atoms with Crippen LogP contribution in [0.1, 0.15) is 19.3 Å². The van der Waals surface area contributed by atoms with Crippen LogP contribution >= 0.6 is 11.3 Å². The Morgan fingerprint density at radius 1 is 1.14 bits per heavy atom. The van der Waals surface area contributed by atoms with E-state index in [4.69, 9.17) is 4.74 Å². The molecular weight excluding hydrogens is 375 g/mol. The van der Waals surface area contributed by atoms with E-state index >= 15 is 0 Å². The number of hydrogen-bond donors (Lipinski definition) is 1. The molecule has 0 bridgehead atoms. The third-order valence-electron chi connectivity index (χ3n) is 5.98. The molecule has 1 saturated heterocycles. The molecule has 0 radical (unpaired) electrons. The molecule has 1 aromatic heterocycles. The quantitative estimate of drug-likeness (QED) is 0.648. The number of halogens is 1. The SMILES string of the molecule is COc1cc(-c2cnc(-c3ccc(N4CC5(CCC5)C4)cc3)s2)cc(F)c1O. The van der Waals surface area contributed by atoms with Gasteiger partial charge in [-0.05, 0) is 49.2 Å². The molecule has 28 heavy (non-hydrogen) atoms. The number of nitrogens with zero attached hydrogens (tertiary/aromatic N) is 2. The van der Waals surface area contributed by atoms with E-state index in [9.17, 15) is 9.50 Å². The van der Waals surface area contributed by atoms with Crippen LogP contribution < -0.4 is 9.64 Å². The normalized spacial score (nSPS) is 17.3. The Morgan fingerprint density at radius 3 is 2.54 bits per heavy atom. The van der Waals surface area contributed by atoms with Gasteiger partial charge in [-0.3, -0.25) is 0 Å².